The Balaban J connectivity index is 2.02. The molecular weight excluding hydrogens is 316 g/mol. The number of hydrogen-bond acceptors (Lipinski definition) is 4. The highest BCUT2D eigenvalue weighted by atomic mass is 35.5. The van der Waals surface area contributed by atoms with Crippen LogP contribution < -0.4 is 20.3 Å². The van der Waals surface area contributed by atoms with E-state index in [4.69, 9.17) is 21.1 Å². The fraction of sp³-hybridized carbons (Fsp3) is 0.118. The lowest BCUT2D eigenvalue weighted by Crippen LogP contribution is -2.35. The van der Waals surface area contributed by atoms with E-state index in [9.17, 15) is 4.79 Å². The number of hydrazine groups is 1. The molecule has 0 bridgehead atoms. The number of ether oxygens (including phenoxy) is 2. The minimum atomic E-state index is -0.289. The first kappa shape index (κ1) is 16.7. The molecule has 0 atom stereocenters. The van der Waals surface area contributed by atoms with Gasteiger partial charge in [-0.1, -0.05) is 18.2 Å². The maximum atomic E-state index is 12.0. The van der Waals surface area contributed by atoms with Crippen molar-refractivity contribution in [2.24, 2.45) is 0 Å². The zero-order chi connectivity index (χ0) is 16.8. The summed E-state index contributed by atoms with van der Waals surface area (Å²) in [6.45, 7) is 3.89. The third-order valence-electron chi connectivity index (χ3n) is 3.17. The van der Waals surface area contributed by atoms with Crippen molar-refractivity contribution in [1.82, 2.24) is 10.9 Å². The van der Waals surface area contributed by atoms with Crippen LogP contribution in [-0.4, -0.2) is 20.1 Å². The molecule has 0 unspecified atom stereocenters. The van der Waals surface area contributed by atoms with Crippen LogP contribution in [0.3, 0.4) is 0 Å². The summed E-state index contributed by atoms with van der Waals surface area (Å²) in [7, 11) is 3.12. The summed E-state index contributed by atoms with van der Waals surface area (Å²) in [4.78, 5) is 12.0. The normalized spacial score (nSPS) is 9.87. The molecule has 0 fully saturated rings. The van der Waals surface area contributed by atoms with Gasteiger partial charge in [0, 0.05) is 16.1 Å². The lowest BCUT2D eigenvalue weighted by atomic mass is 10.1. The van der Waals surface area contributed by atoms with Crippen LogP contribution in [0.2, 0.25) is 5.02 Å². The van der Waals surface area contributed by atoms with Crippen LogP contribution in [0.5, 0.6) is 11.5 Å². The SMILES string of the molecule is C=C(NNC(=O)c1ccc(Cl)cc1)c1ccc(OC)c(OC)c1. The molecule has 0 aromatic heterocycles. The van der Waals surface area contributed by atoms with E-state index in [0.29, 0.717) is 27.8 Å². The second-order valence-corrected chi connectivity index (χ2v) is 5.07. The highest BCUT2D eigenvalue weighted by Gasteiger charge is 2.09. The Bertz CT molecular complexity index is 714. The van der Waals surface area contributed by atoms with Crippen LogP contribution in [0.1, 0.15) is 15.9 Å². The largest absolute Gasteiger partial charge is 0.493 e. The van der Waals surface area contributed by atoms with Crippen LogP contribution in [0.4, 0.5) is 0 Å². The maximum Gasteiger partial charge on any atom is 0.269 e. The van der Waals surface area contributed by atoms with Gasteiger partial charge in [-0.3, -0.25) is 15.6 Å². The molecule has 2 rings (SSSR count). The second kappa shape index (κ2) is 7.56. The second-order valence-electron chi connectivity index (χ2n) is 4.63. The topological polar surface area (TPSA) is 59.6 Å². The van der Waals surface area contributed by atoms with Gasteiger partial charge in [-0.2, -0.15) is 0 Å². The quantitative estimate of drug-likeness (QED) is 0.797. The van der Waals surface area contributed by atoms with Crippen LogP contribution in [0.15, 0.2) is 49.0 Å². The Morgan fingerprint density at radius 2 is 1.57 bits per heavy atom. The molecule has 5 nitrogen and oxygen atoms in total. The van der Waals surface area contributed by atoms with E-state index >= 15 is 0 Å². The minimum Gasteiger partial charge on any atom is -0.493 e. The molecule has 2 aromatic carbocycles. The fourth-order valence-corrected chi connectivity index (χ4v) is 2.03. The molecular formula is C17H17ClN2O3. The summed E-state index contributed by atoms with van der Waals surface area (Å²) in [5.74, 6) is 0.912. The van der Waals surface area contributed by atoms with Gasteiger partial charge in [0.1, 0.15) is 0 Å². The Morgan fingerprint density at radius 3 is 2.17 bits per heavy atom. The first-order valence-corrected chi connectivity index (χ1v) is 7.16. The number of nitrogens with one attached hydrogen (secondary N) is 2. The van der Waals surface area contributed by atoms with E-state index in [1.165, 1.54) is 0 Å². The Hall–Kier alpha value is -2.66. The molecule has 0 radical (unpaired) electrons. The van der Waals surface area contributed by atoms with Gasteiger partial charge < -0.3 is 9.47 Å². The summed E-state index contributed by atoms with van der Waals surface area (Å²) in [6, 6.07) is 11.9. The summed E-state index contributed by atoms with van der Waals surface area (Å²) in [6.07, 6.45) is 0. The van der Waals surface area contributed by atoms with Crippen molar-refractivity contribution in [2.45, 2.75) is 0 Å². The number of rotatable bonds is 6. The van der Waals surface area contributed by atoms with Crippen LogP contribution in [0, 0.1) is 0 Å². The van der Waals surface area contributed by atoms with E-state index < -0.39 is 0 Å². The number of methoxy groups -OCH3 is 2. The van der Waals surface area contributed by atoms with Crippen LogP contribution in [0.25, 0.3) is 5.70 Å². The number of carbonyl (C=O) groups excluding carboxylic acids is 1. The Labute approximate surface area is 139 Å². The standard InChI is InChI=1S/C17H17ClN2O3/c1-11(13-6-9-15(22-2)16(10-13)23-3)19-20-17(21)12-4-7-14(18)8-5-12/h4-10,19H,1H2,2-3H3,(H,20,21). The molecule has 0 aliphatic heterocycles. The van der Waals surface area contributed by atoms with Crippen molar-refractivity contribution in [3.05, 3.63) is 65.2 Å². The molecule has 2 N–H and O–H groups in total. The molecule has 6 heteroatoms. The smallest absolute Gasteiger partial charge is 0.269 e. The number of benzene rings is 2. The lowest BCUT2D eigenvalue weighted by Gasteiger charge is -2.13. The monoisotopic (exact) mass is 332 g/mol. The first-order chi connectivity index (χ1) is 11.0. The lowest BCUT2D eigenvalue weighted by molar-refractivity contribution is 0.0942. The molecule has 23 heavy (non-hydrogen) atoms. The number of halogens is 1. The fourth-order valence-electron chi connectivity index (χ4n) is 1.90. The van der Waals surface area contributed by atoms with Crippen LogP contribution >= 0.6 is 11.6 Å². The predicted octanol–water partition coefficient (Wildman–Crippen LogP) is 3.26. The van der Waals surface area contributed by atoms with E-state index in [1.54, 1.807) is 50.6 Å². The molecule has 0 spiro atoms. The van der Waals surface area contributed by atoms with Crippen molar-refractivity contribution in [1.29, 1.82) is 0 Å². The summed E-state index contributed by atoms with van der Waals surface area (Å²) in [5.41, 5.74) is 7.13. The molecule has 0 aliphatic rings. The third kappa shape index (κ3) is 4.17. The number of carbonyl (C=O) groups is 1. The van der Waals surface area contributed by atoms with Crippen molar-refractivity contribution in [3.8, 4) is 11.5 Å². The van der Waals surface area contributed by atoms with E-state index in [1.807, 2.05) is 6.07 Å². The molecule has 0 saturated heterocycles. The number of amides is 1. The van der Waals surface area contributed by atoms with Gasteiger partial charge in [0.15, 0.2) is 11.5 Å². The molecule has 1 amide bonds. The average molecular weight is 333 g/mol. The summed E-state index contributed by atoms with van der Waals surface area (Å²) < 4.78 is 10.4. The molecule has 0 aliphatic carbocycles. The van der Waals surface area contributed by atoms with Gasteiger partial charge in [-0.05, 0) is 42.5 Å². The van der Waals surface area contributed by atoms with E-state index in [2.05, 4.69) is 17.4 Å². The zero-order valence-corrected chi connectivity index (χ0v) is 13.6. The number of hydrogen-bond donors (Lipinski definition) is 2. The first-order valence-electron chi connectivity index (χ1n) is 6.78. The van der Waals surface area contributed by atoms with Gasteiger partial charge in [0.2, 0.25) is 0 Å². The van der Waals surface area contributed by atoms with Gasteiger partial charge in [-0.25, -0.2) is 0 Å². The van der Waals surface area contributed by atoms with Gasteiger partial charge in [-0.15, -0.1) is 0 Å². The third-order valence-corrected chi connectivity index (χ3v) is 3.42. The van der Waals surface area contributed by atoms with Crippen molar-refractivity contribution < 1.29 is 14.3 Å². The van der Waals surface area contributed by atoms with Crippen molar-refractivity contribution in [2.75, 3.05) is 14.2 Å². The summed E-state index contributed by atoms with van der Waals surface area (Å²) >= 11 is 5.79. The Morgan fingerprint density at radius 1 is 0.957 bits per heavy atom. The van der Waals surface area contributed by atoms with Gasteiger partial charge in [0.05, 0.1) is 19.9 Å². The minimum absolute atomic E-state index is 0.289. The zero-order valence-electron chi connectivity index (χ0n) is 12.9. The maximum absolute atomic E-state index is 12.0. The molecule has 2 aromatic rings. The molecule has 120 valence electrons. The van der Waals surface area contributed by atoms with Gasteiger partial charge >= 0.3 is 0 Å². The molecule has 0 heterocycles. The highest BCUT2D eigenvalue weighted by Crippen LogP contribution is 2.29. The van der Waals surface area contributed by atoms with E-state index in [-0.39, 0.29) is 5.91 Å². The highest BCUT2D eigenvalue weighted by molar-refractivity contribution is 6.30. The van der Waals surface area contributed by atoms with Gasteiger partial charge in [0.25, 0.3) is 5.91 Å². The Kier molecular flexibility index (Phi) is 5.49. The summed E-state index contributed by atoms with van der Waals surface area (Å²) in [5, 5.41) is 0.573. The van der Waals surface area contributed by atoms with E-state index in [0.717, 1.165) is 5.56 Å². The van der Waals surface area contributed by atoms with Crippen molar-refractivity contribution >= 4 is 23.2 Å². The van der Waals surface area contributed by atoms with Crippen LogP contribution in [-0.2, 0) is 0 Å². The van der Waals surface area contributed by atoms with Crippen molar-refractivity contribution in [3.63, 3.8) is 0 Å². The average Bonchev–Trinajstić information content (AvgIpc) is 2.59. The molecule has 0 saturated carbocycles. The predicted molar refractivity (Wildman–Crippen MR) is 90.6 cm³/mol.